The number of rotatable bonds is 8. The number of amides is 1. The molecule has 0 saturated heterocycles. The van der Waals surface area contributed by atoms with Crippen LogP contribution < -0.4 is 5.32 Å². The molecule has 8 heteroatoms. The molecule has 3 rings (SSSR count). The number of benzene rings is 3. The maximum Gasteiger partial charge on any atom is 0.335 e. The van der Waals surface area contributed by atoms with Gasteiger partial charge in [0, 0.05) is 17.7 Å². The van der Waals surface area contributed by atoms with Crippen molar-refractivity contribution in [1.82, 2.24) is 0 Å². The van der Waals surface area contributed by atoms with E-state index in [-0.39, 0.29) is 24.0 Å². The molecule has 0 aliphatic heterocycles. The van der Waals surface area contributed by atoms with Crippen molar-refractivity contribution in [3.05, 3.63) is 77.9 Å². The van der Waals surface area contributed by atoms with E-state index in [2.05, 4.69) is 5.32 Å². The van der Waals surface area contributed by atoms with Crippen molar-refractivity contribution in [2.75, 3.05) is 5.32 Å². The lowest BCUT2D eigenvalue weighted by Crippen LogP contribution is -2.14. The molecule has 32 heavy (non-hydrogen) atoms. The van der Waals surface area contributed by atoms with Crippen LogP contribution in [0.25, 0.3) is 22.3 Å². The molecule has 0 bridgehead atoms. The van der Waals surface area contributed by atoms with Crippen LogP contribution >= 0.6 is 0 Å². The van der Waals surface area contributed by atoms with Crippen LogP contribution in [-0.2, 0) is 9.59 Å². The summed E-state index contributed by atoms with van der Waals surface area (Å²) in [5.74, 6) is -3.66. The number of aliphatic carboxylic acids is 1. The van der Waals surface area contributed by atoms with E-state index < -0.39 is 23.8 Å². The molecule has 0 spiro atoms. The van der Waals surface area contributed by atoms with Gasteiger partial charge in [0.1, 0.15) is 0 Å². The van der Waals surface area contributed by atoms with Gasteiger partial charge in [-0.25, -0.2) is 9.59 Å². The first-order chi connectivity index (χ1) is 15.2. The molecule has 0 aliphatic carbocycles. The fourth-order valence-corrected chi connectivity index (χ4v) is 3.11. The van der Waals surface area contributed by atoms with Gasteiger partial charge in [-0.2, -0.15) is 0 Å². The minimum atomic E-state index is -1.09. The van der Waals surface area contributed by atoms with E-state index in [1.54, 1.807) is 42.5 Å². The van der Waals surface area contributed by atoms with Crippen LogP contribution in [0.5, 0.6) is 0 Å². The minimum Gasteiger partial charge on any atom is -0.481 e. The molecule has 3 aromatic carbocycles. The zero-order valence-electron chi connectivity index (χ0n) is 16.7. The fraction of sp³-hybridized carbons (Fsp3) is 0.0833. The summed E-state index contributed by atoms with van der Waals surface area (Å²) in [5, 5.41) is 29.7. The van der Waals surface area contributed by atoms with Crippen molar-refractivity contribution in [3.8, 4) is 22.3 Å². The van der Waals surface area contributed by atoms with Gasteiger partial charge < -0.3 is 20.6 Å². The number of nitrogens with one attached hydrogen (secondary N) is 1. The Morgan fingerprint density at radius 2 is 1.12 bits per heavy atom. The number of hydrogen-bond acceptors (Lipinski definition) is 4. The van der Waals surface area contributed by atoms with Crippen molar-refractivity contribution in [3.63, 3.8) is 0 Å². The standard InChI is InChI=1S/C24H19NO7/c26-21(11-12-22(27)28)25-20-13-18(14-1-5-16(6-2-14)23(29)30)9-10-19(20)15-3-7-17(8-4-15)24(31)32/h1-10,13H,11-12H2,(H,25,26)(H,27,28)(H,29,30)(H,31,32). The van der Waals surface area contributed by atoms with Crippen LogP contribution in [0.1, 0.15) is 33.6 Å². The van der Waals surface area contributed by atoms with Crippen molar-refractivity contribution in [2.45, 2.75) is 12.8 Å². The number of aromatic carboxylic acids is 2. The first-order valence-electron chi connectivity index (χ1n) is 9.58. The summed E-state index contributed by atoms with van der Waals surface area (Å²) in [6.45, 7) is 0. The molecule has 0 saturated carbocycles. The molecule has 4 N–H and O–H groups in total. The number of anilines is 1. The predicted octanol–water partition coefficient (Wildman–Crippen LogP) is 4.22. The quantitative estimate of drug-likeness (QED) is 0.417. The second-order valence-electron chi connectivity index (χ2n) is 6.97. The molecule has 1 amide bonds. The van der Waals surface area contributed by atoms with E-state index in [1.807, 2.05) is 0 Å². The summed E-state index contributed by atoms with van der Waals surface area (Å²) in [6.07, 6.45) is -0.519. The maximum atomic E-state index is 12.3. The Bertz CT molecular complexity index is 1180. The van der Waals surface area contributed by atoms with Gasteiger partial charge in [0.2, 0.25) is 5.91 Å². The Hall–Kier alpha value is -4.46. The number of carbonyl (C=O) groups excluding carboxylic acids is 1. The zero-order valence-corrected chi connectivity index (χ0v) is 16.7. The summed E-state index contributed by atoms with van der Waals surface area (Å²) in [6, 6.07) is 17.6. The van der Waals surface area contributed by atoms with Crippen LogP contribution in [0.2, 0.25) is 0 Å². The van der Waals surface area contributed by atoms with Crippen molar-refractivity contribution in [2.24, 2.45) is 0 Å². The van der Waals surface area contributed by atoms with Crippen molar-refractivity contribution >= 4 is 29.5 Å². The smallest absolute Gasteiger partial charge is 0.335 e. The van der Waals surface area contributed by atoms with Gasteiger partial charge in [0.15, 0.2) is 0 Å². The summed E-state index contributed by atoms with van der Waals surface area (Å²) in [4.78, 5) is 45.3. The molecule has 0 fully saturated rings. The lowest BCUT2D eigenvalue weighted by Gasteiger charge is -2.14. The Morgan fingerprint density at radius 3 is 1.62 bits per heavy atom. The molecule has 0 aliphatic rings. The highest BCUT2D eigenvalue weighted by molar-refractivity contribution is 5.98. The third kappa shape index (κ3) is 5.37. The Balaban J connectivity index is 1.99. The van der Waals surface area contributed by atoms with Gasteiger partial charge in [0.25, 0.3) is 0 Å². The molecular formula is C24H19NO7. The van der Waals surface area contributed by atoms with Gasteiger partial charge in [0.05, 0.1) is 17.5 Å². The monoisotopic (exact) mass is 433 g/mol. The van der Waals surface area contributed by atoms with Crippen LogP contribution in [-0.4, -0.2) is 39.1 Å². The van der Waals surface area contributed by atoms with Gasteiger partial charge in [-0.15, -0.1) is 0 Å². The Labute approximate surface area is 182 Å². The average molecular weight is 433 g/mol. The van der Waals surface area contributed by atoms with Gasteiger partial charge >= 0.3 is 17.9 Å². The average Bonchev–Trinajstić information content (AvgIpc) is 2.78. The second kappa shape index (κ2) is 9.57. The summed E-state index contributed by atoms with van der Waals surface area (Å²) < 4.78 is 0. The molecular weight excluding hydrogens is 414 g/mol. The van der Waals surface area contributed by atoms with Gasteiger partial charge in [-0.1, -0.05) is 36.4 Å². The second-order valence-corrected chi connectivity index (χ2v) is 6.97. The topological polar surface area (TPSA) is 141 Å². The lowest BCUT2D eigenvalue weighted by molar-refractivity contribution is -0.138. The number of carboxylic acids is 3. The summed E-state index contributed by atoms with van der Waals surface area (Å²) in [7, 11) is 0. The van der Waals surface area contributed by atoms with E-state index in [9.17, 15) is 19.2 Å². The van der Waals surface area contributed by atoms with Crippen LogP contribution in [0, 0.1) is 0 Å². The SMILES string of the molecule is O=C(O)CCC(=O)Nc1cc(-c2ccc(C(=O)O)cc2)ccc1-c1ccc(C(=O)O)cc1. The predicted molar refractivity (Wildman–Crippen MR) is 117 cm³/mol. The third-order valence-electron chi connectivity index (χ3n) is 4.77. The fourth-order valence-electron chi connectivity index (χ4n) is 3.11. The van der Waals surface area contributed by atoms with Crippen molar-refractivity contribution < 1.29 is 34.5 Å². The van der Waals surface area contributed by atoms with Crippen molar-refractivity contribution in [1.29, 1.82) is 0 Å². The maximum absolute atomic E-state index is 12.3. The number of hydrogen-bond donors (Lipinski definition) is 4. The van der Waals surface area contributed by atoms with Crippen LogP contribution in [0.3, 0.4) is 0 Å². The first kappa shape index (κ1) is 22.2. The van der Waals surface area contributed by atoms with E-state index >= 15 is 0 Å². The Kier molecular flexibility index (Phi) is 6.65. The molecule has 0 aromatic heterocycles. The molecule has 0 heterocycles. The van der Waals surface area contributed by atoms with E-state index in [1.165, 1.54) is 24.3 Å². The van der Waals surface area contributed by atoms with Gasteiger partial charge in [-0.3, -0.25) is 9.59 Å². The normalized spacial score (nSPS) is 10.4. The highest BCUT2D eigenvalue weighted by Crippen LogP contribution is 2.33. The van der Waals surface area contributed by atoms with Gasteiger partial charge in [-0.05, 0) is 47.0 Å². The highest BCUT2D eigenvalue weighted by Gasteiger charge is 2.13. The van der Waals surface area contributed by atoms with Crippen LogP contribution in [0.4, 0.5) is 5.69 Å². The number of carbonyl (C=O) groups is 4. The van der Waals surface area contributed by atoms with Crippen LogP contribution in [0.15, 0.2) is 66.7 Å². The first-order valence-corrected chi connectivity index (χ1v) is 9.58. The van der Waals surface area contributed by atoms with E-state index in [0.717, 1.165) is 5.56 Å². The third-order valence-corrected chi connectivity index (χ3v) is 4.77. The van der Waals surface area contributed by atoms with E-state index in [0.29, 0.717) is 22.4 Å². The molecule has 8 nitrogen and oxygen atoms in total. The molecule has 0 radical (unpaired) electrons. The Morgan fingerprint density at radius 1 is 0.625 bits per heavy atom. The number of carboxylic acid groups (broad SMARTS) is 3. The molecule has 3 aromatic rings. The lowest BCUT2D eigenvalue weighted by atomic mass is 9.97. The molecule has 0 unspecified atom stereocenters. The summed E-state index contributed by atoms with van der Waals surface area (Å²) in [5.41, 5.74) is 3.41. The zero-order chi connectivity index (χ0) is 23.3. The minimum absolute atomic E-state index is 0.121. The molecule has 162 valence electrons. The summed E-state index contributed by atoms with van der Waals surface area (Å²) >= 11 is 0. The van der Waals surface area contributed by atoms with E-state index in [4.69, 9.17) is 15.3 Å². The molecule has 0 atom stereocenters. The largest absolute Gasteiger partial charge is 0.481 e. The highest BCUT2D eigenvalue weighted by atomic mass is 16.4.